The summed E-state index contributed by atoms with van der Waals surface area (Å²) in [6, 6.07) is 13.5. The molecule has 0 amide bonds. The number of hydrogen-bond acceptors (Lipinski definition) is 3. The molecule has 2 heterocycles. The zero-order valence-electron chi connectivity index (χ0n) is 14.2. The number of rotatable bonds is 3. The van der Waals surface area contributed by atoms with Crippen LogP contribution < -0.4 is 4.74 Å². The highest BCUT2D eigenvalue weighted by atomic mass is 35.5. The Morgan fingerprint density at radius 2 is 1.81 bits per heavy atom. The summed E-state index contributed by atoms with van der Waals surface area (Å²) >= 11 is 6.24. The highest BCUT2D eigenvalue weighted by Gasteiger charge is 2.48. The number of benzene rings is 2. The number of quaternary nitrogens is 1. The van der Waals surface area contributed by atoms with Crippen LogP contribution in [0, 0.1) is 0 Å². The van der Waals surface area contributed by atoms with E-state index in [2.05, 4.69) is 6.07 Å². The van der Waals surface area contributed by atoms with Gasteiger partial charge in [-0.05, 0) is 24.3 Å². The second-order valence-electron chi connectivity index (χ2n) is 7.27. The third kappa shape index (κ3) is 3.41. The Hall–Kier alpha value is -1.40. The topological polar surface area (TPSA) is 76.0 Å². The summed E-state index contributed by atoms with van der Waals surface area (Å²) in [6.45, 7) is 1.32. The van der Waals surface area contributed by atoms with Gasteiger partial charge in [-0.1, -0.05) is 29.8 Å². The van der Waals surface area contributed by atoms with Gasteiger partial charge in [0.25, 0.3) is 0 Å². The molecule has 2 aromatic rings. The second kappa shape index (κ2) is 6.34. The summed E-state index contributed by atoms with van der Waals surface area (Å²) in [4.78, 5) is 18.2. The average molecular weight is 397 g/mol. The van der Waals surface area contributed by atoms with Gasteiger partial charge in [0.2, 0.25) is 0 Å². The number of likely N-dealkylation sites (N-methyl/N-ethyl adjacent to an activating group) is 1. The van der Waals surface area contributed by atoms with E-state index in [9.17, 15) is 4.57 Å². The number of phosphoric acid groups is 1. The van der Waals surface area contributed by atoms with Gasteiger partial charge in [0.1, 0.15) is 11.5 Å². The van der Waals surface area contributed by atoms with Crippen molar-refractivity contribution in [3.05, 3.63) is 58.6 Å². The van der Waals surface area contributed by atoms with Crippen molar-refractivity contribution < 1.29 is 28.1 Å². The first-order valence-corrected chi connectivity index (χ1v) is 10.2. The molecule has 1 saturated heterocycles. The molecule has 2 N–H and O–H groups in total. The number of phosphoric ester groups is 1. The number of hydrogen-bond donors (Lipinski definition) is 2. The second-order valence-corrected chi connectivity index (χ2v) is 8.94. The Morgan fingerprint density at radius 3 is 2.54 bits per heavy atom. The molecule has 4 rings (SSSR count). The van der Waals surface area contributed by atoms with Crippen molar-refractivity contribution in [2.24, 2.45) is 0 Å². The van der Waals surface area contributed by atoms with E-state index in [0.29, 0.717) is 22.6 Å². The first-order valence-electron chi connectivity index (χ1n) is 8.34. The van der Waals surface area contributed by atoms with E-state index in [-0.39, 0.29) is 18.6 Å². The zero-order chi connectivity index (χ0) is 18.5. The normalized spacial score (nSPS) is 27.1. The quantitative estimate of drug-likeness (QED) is 0.609. The Kier molecular flexibility index (Phi) is 4.39. The van der Waals surface area contributed by atoms with E-state index in [1.165, 1.54) is 0 Å². The van der Waals surface area contributed by atoms with Crippen molar-refractivity contribution in [2.45, 2.75) is 11.8 Å². The van der Waals surface area contributed by atoms with Gasteiger partial charge in [-0.25, -0.2) is 9.09 Å². The molecular formula is C18H20ClNO5P+. The molecule has 1 fully saturated rings. The predicted molar refractivity (Wildman–Crippen MR) is 97.4 cm³/mol. The molecule has 2 aromatic carbocycles. The maximum absolute atomic E-state index is 11.2. The Balaban J connectivity index is 1.76. The van der Waals surface area contributed by atoms with E-state index in [1.54, 1.807) is 0 Å². The fourth-order valence-corrected chi connectivity index (χ4v) is 4.74. The highest BCUT2D eigenvalue weighted by molar-refractivity contribution is 7.46. The molecule has 0 spiro atoms. The van der Waals surface area contributed by atoms with Gasteiger partial charge in [-0.15, -0.1) is 0 Å². The molecule has 2 aliphatic rings. The van der Waals surface area contributed by atoms with E-state index < -0.39 is 7.82 Å². The smallest absolute Gasteiger partial charge is 0.457 e. The monoisotopic (exact) mass is 396 g/mol. The maximum Gasteiger partial charge on any atom is 0.474 e. The summed E-state index contributed by atoms with van der Waals surface area (Å²) in [6.07, 6.45) is 0. The van der Waals surface area contributed by atoms with Gasteiger partial charge < -0.3 is 19.0 Å². The van der Waals surface area contributed by atoms with Crippen molar-refractivity contribution in [3.8, 4) is 11.5 Å². The van der Waals surface area contributed by atoms with Gasteiger partial charge >= 0.3 is 7.82 Å². The molecule has 2 aliphatic heterocycles. The van der Waals surface area contributed by atoms with Crippen molar-refractivity contribution in [1.82, 2.24) is 0 Å². The molecule has 0 aliphatic carbocycles. The molecule has 138 valence electrons. The third-order valence-corrected chi connectivity index (χ3v) is 5.89. The molecule has 3 unspecified atom stereocenters. The molecule has 8 heteroatoms. The first kappa shape index (κ1) is 18.0. The van der Waals surface area contributed by atoms with Crippen molar-refractivity contribution in [2.75, 3.05) is 26.9 Å². The van der Waals surface area contributed by atoms with Gasteiger partial charge in [0, 0.05) is 28.0 Å². The molecule has 6 nitrogen and oxygen atoms in total. The van der Waals surface area contributed by atoms with Crippen LogP contribution in [0.4, 0.5) is 0 Å². The van der Waals surface area contributed by atoms with Crippen LogP contribution in [0.25, 0.3) is 0 Å². The Labute approximate surface area is 156 Å². The summed E-state index contributed by atoms with van der Waals surface area (Å²) in [5.41, 5.74) is 2.12. The van der Waals surface area contributed by atoms with Crippen LogP contribution in [0.2, 0.25) is 5.02 Å². The largest absolute Gasteiger partial charge is 0.474 e. The Bertz CT molecular complexity index is 901. The van der Waals surface area contributed by atoms with Gasteiger partial charge in [0.05, 0.1) is 20.1 Å². The van der Waals surface area contributed by atoms with Crippen molar-refractivity contribution in [3.63, 3.8) is 0 Å². The van der Waals surface area contributed by atoms with Crippen LogP contribution in [0.1, 0.15) is 23.0 Å². The summed E-state index contributed by atoms with van der Waals surface area (Å²) in [5.74, 6) is 1.86. The highest BCUT2D eigenvalue weighted by Crippen LogP contribution is 2.52. The van der Waals surface area contributed by atoms with Crippen molar-refractivity contribution >= 4 is 19.4 Å². The lowest BCUT2D eigenvalue weighted by Gasteiger charge is -2.29. The van der Waals surface area contributed by atoms with E-state index in [4.69, 9.17) is 30.6 Å². The predicted octanol–water partition coefficient (Wildman–Crippen LogP) is 3.84. The first-order chi connectivity index (χ1) is 12.2. The van der Waals surface area contributed by atoms with Crippen LogP contribution in [0.5, 0.6) is 11.5 Å². The van der Waals surface area contributed by atoms with Gasteiger partial charge in [0.15, 0.2) is 6.73 Å². The van der Waals surface area contributed by atoms with E-state index >= 15 is 0 Å². The summed E-state index contributed by atoms with van der Waals surface area (Å²) in [7, 11) is -2.56. The number of ether oxygens (including phenoxy) is 1. The molecule has 26 heavy (non-hydrogen) atoms. The van der Waals surface area contributed by atoms with Crippen LogP contribution in [-0.2, 0) is 9.09 Å². The molecule has 3 atom stereocenters. The molecule has 0 aromatic heterocycles. The fraction of sp³-hybridized carbons (Fsp3) is 0.333. The lowest BCUT2D eigenvalue weighted by Crippen LogP contribution is -2.43. The SMILES string of the molecule is C[N+]1(COP(=O)(O)O)CC2c3ccccc3Oc3ccc(Cl)cc3C2C1. The number of para-hydroxylation sites is 1. The van der Waals surface area contributed by atoms with E-state index in [0.717, 1.165) is 22.6 Å². The zero-order valence-corrected chi connectivity index (χ0v) is 15.9. The van der Waals surface area contributed by atoms with E-state index in [1.807, 2.05) is 43.4 Å². The molecular weight excluding hydrogens is 377 g/mol. The lowest BCUT2D eigenvalue weighted by molar-refractivity contribution is -0.914. The summed E-state index contributed by atoms with van der Waals surface area (Å²) in [5, 5.41) is 0.643. The van der Waals surface area contributed by atoms with Crippen LogP contribution in [-0.4, -0.2) is 41.1 Å². The standard InChI is InChI=1S/C18H19ClNO5P/c1-20(11-24-26(21,22)23)9-15-13-4-2-3-5-17(13)25-18-7-6-12(19)8-14(18)16(15)10-20/h2-8,15-16H,9-11H2,1H3,(H-,21,22,23)/p+1. The fourth-order valence-electron chi connectivity index (χ4n) is 4.13. The number of fused-ring (bicyclic) bond motifs is 5. The molecule has 0 radical (unpaired) electrons. The number of likely N-dealkylation sites (tertiary alicyclic amines) is 1. The lowest BCUT2D eigenvalue weighted by atomic mass is 9.84. The van der Waals surface area contributed by atoms with Crippen LogP contribution in [0.3, 0.4) is 0 Å². The maximum atomic E-state index is 11.2. The van der Waals surface area contributed by atoms with Crippen LogP contribution >= 0.6 is 19.4 Å². The number of nitrogens with zero attached hydrogens (tertiary/aromatic N) is 1. The average Bonchev–Trinajstić information content (AvgIpc) is 2.87. The van der Waals surface area contributed by atoms with Gasteiger partial charge in [-0.2, -0.15) is 0 Å². The minimum absolute atomic E-state index is 0.0454. The minimum Gasteiger partial charge on any atom is -0.457 e. The Morgan fingerprint density at radius 1 is 1.15 bits per heavy atom. The minimum atomic E-state index is -4.51. The van der Waals surface area contributed by atoms with Crippen molar-refractivity contribution in [1.29, 1.82) is 0 Å². The van der Waals surface area contributed by atoms with Crippen LogP contribution in [0.15, 0.2) is 42.5 Å². The summed E-state index contributed by atoms with van der Waals surface area (Å²) < 4.78 is 22.6. The molecule has 0 saturated carbocycles. The number of halogens is 1. The molecule has 0 bridgehead atoms. The third-order valence-electron chi connectivity index (χ3n) is 5.21. The van der Waals surface area contributed by atoms with Gasteiger partial charge in [-0.3, -0.25) is 0 Å².